The van der Waals surface area contributed by atoms with Crippen molar-refractivity contribution in [3.63, 3.8) is 0 Å². The monoisotopic (exact) mass is 198 g/mol. The van der Waals surface area contributed by atoms with Crippen LogP contribution in [0.4, 0.5) is 0 Å². The minimum atomic E-state index is -0.735. The summed E-state index contributed by atoms with van der Waals surface area (Å²) in [4.78, 5) is 20.9. The maximum atomic E-state index is 10.7. The van der Waals surface area contributed by atoms with Crippen LogP contribution in [0.1, 0.15) is 46.0 Å². The number of carboxylic acid groups (broad SMARTS) is 1. The number of aliphatic carboxylic acids is 1. The van der Waals surface area contributed by atoms with Crippen molar-refractivity contribution in [1.82, 2.24) is 0 Å². The quantitative estimate of drug-likeness (QED) is 0.505. The van der Waals surface area contributed by atoms with Crippen LogP contribution in [0.5, 0.6) is 0 Å². The molecule has 0 aromatic heterocycles. The Balaban J connectivity index is 3.45. The first-order chi connectivity index (χ1) is 6.52. The lowest BCUT2D eigenvalue weighted by Crippen LogP contribution is -1.93. The van der Waals surface area contributed by atoms with Gasteiger partial charge in [0, 0.05) is 6.42 Å². The van der Waals surface area contributed by atoms with Gasteiger partial charge >= 0.3 is 5.97 Å². The molecule has 3 nitrogen and oxygen atoms in total. The van der Waals surface area contributed by atoms with E-state index in [0.717, 1.165) is 31.3 Å². The zero-order valence-electron chi connectivity index (χ0n) is 8.88. The molecule has 0 aliphatic rings. The van der Waals surface area contributed by atoms with Crippen LogP contribution in [-0.4, -0.2) is 16.9 Å². The van der Waals surface area contributed by atoms with Gasteiger partial charge in [-0.3, -0.25) is 9.59 Å². The molecule has 14 heavy (non-hydrogen) atoms. The van der Waals surface area contributed by atoms with Crippen LogP contribution >= 0.6 is 0 Å². The highest BCUT2D eigenvalue weighted by Crippen LogP contribution is 2.09. The molecule has 0 radical (unpaired) electrons. The third-order valence-electron chi connectivity index (χ3n) is 1.91. The number of rotatable bonds is 7. The van der Waals surface area contributed by atoms with Crippen molar-refractivity contribution in [3.05, 3.63) is 11.6 Å². The molecule has 0 aromatic carbocycles. The first kappa shape index (κ1) is 12.9. The van der Waals surface area contributed by atoms with E-state index >= 15 is 0 Å². The van der Waals surface area contributed by atoms with Gasteiger partial charge in [-0.25, -0.2) is 0 Å². The van der Waals surface area contributed by atoms with Crippen molar-refractivity contribution in [2.45, 2.75) is 46.0 Å². The predicted octanol–water partition coefficient (Wildman–Crippen LogP) is 2.56. The zero-order valence-corrected chi connectivity index (χ0v) is 8.88. The van der Waals surface area contributed by atoms with Crippen LogP contribution in [0.2, 0.25) is 0 Å². The van der Waals surface area contributed by atoms with Gasteiger partial charge in [0.2, 0.25) is 0 Å². The standard InChI is InChI=1S/C11H18O3/c1-9(8-10(2)12)6-4-3-5-7-11(13)14/h8H,3-7H2,1-2H3,(H,13,14)/b9-8+. The molecule has 0 unspecified atom stereocenters. The Kier molecular flexibility index (Phi) is 6.72. The summed E-state index contributed by atoms with van der Waals surface area (Å²) in [6, 6.07) is 0. The van der Waals surface area contributed by atoms with Crippen molar-refractivity contribution >= 4 is 11.8 Å². The van der Waals surface area contributed by atoms with Gasteiger partial charge in [-0.2, -0.15) is 0 Å². The number of unbranched alkanes of at least 4 members (excludes halogenated alkanes) is 2. The normalized spacial score (nSPS) is 11.4. The molecular weight excluding hydrogens is 180 g/mol. The van der Waals surface area contributed by atoms with Crippen molar-refractivity contribution in [2.24, 2.45) is 0 Å². The molecule has 0 saturated carbocycles. The first-order valence-electron chi connectivity index (χ1n) is 4.92. The molecule has 0 heterocycles. The number of allylic oxidation sites excluding steroid dienone is 2. The van der Waals surface area contributed by atoms with Gasteiger partial charge in [0.25, 0.3) is 0 Å². The highest BCUT2D eigenvalue weighted by Gasteiger charge is 1.97. The van der Waals surface area contributed by atoms with Gasteiger partial charge < -0.3 is 5.11 Å². The fraction of sp³-hybridized carbons (Fsp3) is 0.636. The minimum absolute atomic E-state index is 0.0769. The number of carbonyl (C=O) groups excluding carboxylic acids is 1. The molecule has 0 spiro atoms. The Labute approximate surface area is 84.8 Å². The number of hydrogen-bond acceptors (Lipinski definition) is 2. The van der Waals surface area contributed by atoms with Crippen LogP contribution in [-0.2, 0) is 9.59 Å². The summed E-state index contributed by atoms with van der Waals surface area (Å²) in [6.45, 7) is 3.46. The van der Waals surface area contributed by atoms with Gasteiger partial charge in [0.1, 0.15) is 0 Å². The Morgan fingerprint density at radius 1 is 1.07 bits per heavy atom. The Bertz CT molecular complexity index is 229. The van der Waals surface area contributed by atoms with E-state index in [-0.39, 0.29) is 12.2 Å². The molecule has 0 bridgehead atoms. The summed E-state index contributed by atoms with van der Waals surface area (Å²) < 4.78 is 0. The summed E-state index contributed by atoms with van der Waals surface area (Å²) >= 11 is 0. The molecule has 0 amide bonds. The Morgan fingerprint density at radius 3 is 2.14 bits per heavy atom. The topological polar surface area (TPSA) is 54.4 Å². The fourth-order valence-corrected chi connectivity index (χ4v) is 1.28. The Hall–Kier alpha value is -1.12. The molecule has 0 aliphatic heterocycles. The highest BCUT2D eigenvalue weighted by molar-refractivity contribution is 5.87. The van der Waals surface area contributed by atoms with Crippen LogP contribution in [0.15, 0.2) is 11.6 Å². The van der Waals surface area contributed by atoms with E-state index < -0.39 is 5.97 Å². The SMILES string of the molecule is CC(=O)/C=C(\C)CCCCCC(=O)O. The molecule has 0 rings (SSSR count). The lowest BCUT2D eigenvalue weighted by molar-refractivity contribution is -0.137. The Morgan fingerprint density at radius 2 is 1.64 bits per heavy atom. The van der Waals surface area contributed by atoms with Crippen LogP contribution in [0, 0.1) is 0 Å². The van der Waals surface area contributed by atoms with Gasteiger partial charge in [-0.1, -0.05) is 12.0 Å². The average Bonchev–Trinajstić information content (AvgIpc) is 2.01. The summed E-state index contributed by atoms with van der Waals surface area (Å²) in [5.74, 6) is -0.658. The van der Waals surface area contributed by atoms with E-state index in [0.29, 0.717) is 0 Å². The smallest absolute Gasteiger partial charge is 0.303 e. The molecule has 0 saturated heterocycles. The van der Waals surface area contributed by atoms with E-state index in [9.17, 15) is 9.59 Å². The molecular formula is C11H18O3. The van der Waals surface area contributed by atoms with Gasteiger partial charge in [-0.05, 0) is 39.2 Å². The second-order valence-electron chi connectivity index (χ2n) is 3.56. The lowest BCUT2D eigenvalue weighted by atomic mass is 10.1. The fourth-order valence-electron chi connectivity index (χ4n) is 1.28. The molecule has 1 N–H and O–H groups in total. The predicted molar refractivity (Wildman–Crippen MR) is 55.2 cm³/mol. The van der Waals surface area contributed by atoms with Crippen LogP contribution in [0.3, 0.4) is 0 Å². The van der Waals surface area contributed by atoms with Crippen molar-refractivity contribution < 1.29 is 14.7 Å². The number of hydrogen-bond donors (Lipinski definition) is 1. The van der Waals surface area contributed by atoms with Crippen molar-refractivity contribution in [2.75, 3.05) is 0 Å². The highest BCUT2D eigenvalue weighted by atomic mass is 16.4. The van der Waals surface area contributed by atoms with Gasteiger partial charge in [0.15, 0.2) is 5.78 Å². The second kappa shape index (κ2) is 7.30. The molecule has 0 fully saturated rings. The molecule has 0 atom stereocenters. The number of ketones is 1. The maximum absolute atomic E-state index is 10.7. The molecule has 80 valence electrons. The van der Waals surface area contributed by atoms with Crippen molar-refractivity contribution in [1.29, 1.82) is 0 Å². The zero-order chi connectivity index (χ0) is 11.0. The average molecular weight is 198 g/mol. The number of carbonyl (C=O) groups is 2. The van der Waals surface area contributed by atoms with Crippen LogP contribution < -0.4 is 0 Å². The van der Waals surface area contributed by atoms with E-state index in [1.165, 1.54) is 6.92 Å². The minimum Gasteiger partial charge on any atom is -0.481 e. The number of carboxylic acids is 1. The second-order valence-corrected chi connectivity index (χ2v) is 3.56. The van der Waals surface area contributed by atoms with E-state index in [1.54, 1.807) is 6.08 Å². The molecule has 0 aliphatic carbocycles. The van der Waals surface area contributed by atoms with Gasteiger partial charge in [0.05, 0.1) is 0 Å². The largest absolute Gasteiger partial charge is 0.481 e. The van der Waals surface area contributed by atoms with E-state index in [4.69, 9.17) is 5.11 Å². The molecule has 3 heteroatoms. The molecule has 0 aromatic rings. The van der Waals surface area contributed by atoms with E-state index in [1.807, 2.05) is 6.92 Å². The van der Waals surface area contributed by atoms with Gasteiger partial charge in [-0.15, -0.1) is 0 Å². The summed E-state index contributed by atoms with van der Waals surface area (Å²) in [5, 5.41) is 8.38. The summed E-state index contributed by atoms with van der Waals surface area (Å²) in [6.07, 6.45) is 5.37. The third kappa shape index (κ3) is 8.97. The lowest BCUT2D eigenvalue weighted by Gasteiger charge is -1.99. The summed E-state index contributed by atoms with van der Waals surface area (Å²) in [7, 11) is 0. The summed E-state index contributed by atoms with van der Waals surface area (Å²) in [5.41, 5.74) is 1.08. The first-order valence-corrected chi connectivity index (χ1v) is 4.92. The van der Waals surface area contributed by atoms with E-state index in [2.05, 4.69) is 0 Å². The van der Waals surface area contributed by atoms with Crippen molar-refractivity contribution in [3.8, 4) is 0 Å². The maximum Gasteiger partial charge on any atom is 0.303 e. The third-order valence-corrected chi connectivity index (χ3v) is 1.91. The van der Waals surface area contributed by atoms with Crippen LogP contribution in [0.25, 0.3) is 0 Å².